The predicted octanol–water partition coefficient (Wildman–Crippen LogP) is 3.80. The standard InChI is InChI=1S/C11H11BrN2OS/c1-2-4-9(15)13-11-14-10-7(12)5-3-6-8(10)16-11/h3,5-6H,2,4H2,1H3,(H,13,14,15). The van der Waals surface area contributed by atoms with Gasteiger partial charge in [-0.1, -0.05) is 24.3 Å². The van der Waals surface area contributed by atoms with E-state index >= 15 is 0 Å². The first-order chi connectivity index (χ1) is 7.70. The average Bonchev–Trinajstić information content (AvgIpc) is 2.62. The summed E-state index contributed by atoms with van der Waals surface area (Å²) in [5.74, 6) is 0.0256. The van der Waals surface area contributed by atoms with Gasteiger partial charge < -0.3 is 5.32 Å². The number of thiazole rings is 1. The zero-order valence-electron chi connectivity index (χ0n) is 8.79. The Labute approximate surface area is 106 Å². The SMILES string of the molecule is CCCC(=O)Nc1nc2c(Br)cccc2s1. The van der Waals surface area contributed by atoms with Crippen LogP contribution < -0.4 is 5.32 Å². The van der Waals surface area contributed by atoms with Crippen molar-refractivity contribution in [1.29, 1.82) is 0 Å². The van der Waals surface area contributed by atoms with Gasteiger partial charge in [0.05, 0.1) is 10.2 Å². The highest BCUT2D eigenvalue weighted by Crippen LogP contribution is 2.30. The summed E-state index contributed by atoms with van der Waals surface area (Å²) >= 11 is 4.93. The highest BCUT2D eigenvalue weighted by Gasteiger charge is 2.08. The molecule has 0 saturated heterocycles. The van der Waals surface area contributed by atoms with Crippen molar-refractivity contribution in [2.45, 2.75) is 19.8 Å². The van der Waals surface area contributed by atoms with Crippen LogP contribution in [0.15, 0.2) is 22.7 Å². The largest absolute Gasteiger partial charge is 0.302 e. The molecule has 1 aromatic heterocycles. The van der Waals surface area contributed by atoms with Gasteiger partial charge in [-0.05, 0) is 34.5 Å². The molecule has 1 heterocycles. The number of carbonyl (C=O) groups excluding carboxylic acids is 1. The Morgan fingerprint density at radius 3 is 3.06 bits per heavy atom. The van der Waals surface area contributed by atoms with Crippen molar-refractivity contribution in [2.75, 3.05) is 5.32 Å². The maximum Gasteiger partial charge on any atom is 0.226 e. The normalized spacial score (nSPS) is 10.6. The number of nitrogens with zero attached hydrogens (tertiary/aromatic N) is 1. The number of hydrogen-bond acceptors (Lipinski definition) is 3. The minimum atomic E-state index is 0.0256. The molecule has 0 unspecified atom stereocenters. The summed E-state index contributed by atoms with van der Waals surface area (Å²) < 4.78 is 2.03. The van der Waals surface area contributed by atoms with Crippen LogP contribution in [0.3, 0.4) is 0 Å². The lowest BCUT2D eigenvalue weighted by molar-refractivity contribution is -0.116. The molecule has 5 heteroatoms. The van der Waals surface area contributed by atoms with Crippen LogP contribution in [0, 0.1) is 0 Å². The molecule has 2 rings (SSSR count). The number of fused-ring (bicyclic) bond motifs is 1. The van der Waals surface area contributed by atoms with E-state index in [9.17, 15) is 4.79 Å². The highest BCUT2D eigenvalue weighted by molar-refractivity contribution is 9.10. The zero-order chi connectivity index (χ0) is 11.5. The second kappa shape index (κ2) is 4.93. The molecule has 0 spiro atoms. The van der Waals surface area contributed by atoms with Crippen LogP contribution in [-0.2, 0) is 4.79 Å². The minimum Gasteiger partial charge on any atom is -0.302 e. The van der Waals surface area contributed by atoms with Crippen LogP contribution >= 0.6 is 27.3 Å². The summed E-state index contributed by atoms with van der Waals surface area (Å²) in [7, 11) is 0. The van der Waals surface area contributed by atoms with Crippen molar-refractivity contribution >= 4 is 48.5 Å². The van der Waals surface area contributed by atoms with E-state index in [1.165, 1.54) is 11.3 Å². The summed E-state index contributed by atoms with van der Waals surface area (Å²) in [4.78, 5) is 15.8. The third-order valence-corrected chi connectivity index (χ3v) is 3.67. The van der Waals surface area contributed by atoms with Gasteiger partial charge in [0.1, 0.15) is 0 Å². The number of anilines is 1. The average molecular weight is 299 g/mol. The van der Waals surface area contributed by atoms with E-state index in [0.717, 1.165) is 21.1 Å². The van der Waals surface area contributed by atoms with Gasteiger partial charge in [0, 0.05) is 10.9 Å². The number of aromatic nitrogens is 1. The topological polar surface area (TPSA) is 42.0 Å². The molecular formula is C11H11BrN2OS. The Morgan fingerprint density at radius 1 is 1.56 bits per heavy atom. The quantitative estimate of drug-likeness (QED) is 0.936. The van der Waals surface area contributed by atoms with Crippen molar-refractivity contribution in [2.24, 2.45) is 0 Å². The van der Waals surface area contributed by atoms with Crippen LogP contribution in [0.25, 0.3) is 10.2 Å². The summed E-state index contributed by atoms with van der Waals surface area (Å²) in [6, 6.07) is 5.90. The molecule has 1 N–H and O–H groups in total. The summed E-state index contributed by atoms with van der Waals surface area (Å²) in [6.07, 6.45) is 1.39. The minimum absolute atomic E-state index is 0.0256. The maximum absolute atomic E-state index is 11.4. The van der Waals surface area contributed by atoms with Gasteiger partial charge in [0.15, 0.2) is 5.13 Å². The molecule has 0 saturated carbocycles. The molecule has 1 amide bonds. The fourth-order valence-electron chi connectivity index (χ4n) is 1.38. The van der Waals surface area contributed by atoms with E-state index < -0.39 is 0 Å². The fourth-order valence-corrected chi connectivity index (χ4v) is 2.87. The Hall–Kier alpha value is -0.940. The van der Waals surface area contributed by atoms with Crippen LogP contribution in [-0.4, -0.2) is 10.9 Å². The smallest absolute Gasteiger partial charge is 0.226 e. The molecule has 3 nitrogen and oxygen atoms in total. The van der Waals surface area contributed by atoms with Crippen LogP contribution in [0.2, 0.25) is 0 Å². The molecule has 16 heavy (non-hydrogen) atoms. The second-order valence-corrected chi connectivity index (χ2v) is 5.29. The lowest BCUT2D eigenvalue weighted by Crippen LogP contribution is -2.09. The van der Waals surface area contributed by atoms with Crippen molar-refractivity contribution in [1.82, 2.24) is 4.98 Å². The van der Waals surface area contributed by atoms with E-state index in [0.29, 0.717) is 11.6 Å². The lowest BCUT2D eigenvalue weighted by atomic mass is 10.3. The number of hydrogen-bond donors (Lipinski definition) is 1. The van der Waals surface area contributed by atoms with Crippen molar-refractivity contribution < 1.29 is 4.79 Å². The number of carbonyl (C=O) groups is 1. The van der Waals surface area contributed by atoms with Crippen LogP contribution in [0.4, 0.5) is 5.13 Å². The summed E-state index contributed by atoms with van der Waals surface area (Å²) in [5.41, 5.74) is 0.902. The molecule has 0 radical (unpaired) electrons. The molecule has 0 aliphatic heterocycles. The van der Waals surface area contributed by atoms with E-state index in [2.05, 4.69) is 26.2 Å². The van der Waals surface area contributed by atoms with Crippen molar-refractivity contribution in [3.05, 3.63) is 22.7 Å². The van der Waals surface area contributed by atoms with Crippen molar-refractivity contribution in [3.8, 4) is 0 Å². The number of benzene rings is 1. The second-order valence-electron chi connectivity index (χ2n) is 3.40. The summed E-state index contributed by atoms with van der Waals surface area (Å²) in [6.45, 7) is 1.98. The molecule has 0 atom stereocenters. The Balaban J connectivity index is 2.26. The van der Waals surface area contributed by atoms with Gasteiger partial charge in [-0.25, -0.2) is 4.98 Å². The lowest BCUT2D eigenvalue weighted by Gasteiger charge is -1.97. The van der Waals surface area contributed by atoms with E-state index in [-0.39, 0.29) is 5.91 Å². The Kier molecular flexibility index (Phi) is 3.56. The van der Waals surface area contributed by atoms with Gasteiger partial charge in [0.2, 0.25) is 5.91 Å². The van der Waals surface area contributed by atoms with E-state index in [1.807, 2.05) is 25.1 Å². The number of rotatable bonds is 3. The van der Waals surface area contributed by atoms with Gasteiger partial charge in [0.25, 0.3) is 0 Å². The zero-order valence-corrected chi connectivity index (χ0v) is 11.2. The third-order valence-electron chi connectivity index (χ3n) is 2.09. The third kappa shape index (κ3) is 2.41. The highest BCUT2D eigenvalue weighted by atomic mass is 79.9. The Bertz CT molecular complexity index is 524. The maximum atomic E-state index is 11.4. The number of para-hydroxylation sites is 1. The predicted molar refractivity (Wildman–Crippen MR) is 70.9 cm³/mol. The van der Waals surface area contributed by atoms with Gasteiger partial charge in [-0.2, -0.15) is 0 Å². The molecule has 84 valence electrons. The molecular weight excluding hydrogens is 288 g/mol. The number of halogens is 1. The van der Waals surface area contributed by atoms with Crippen LogP contribution in [0.5, 0.6) is 0 Å². The first-order valence-corrected chi connectivity index (χ1v) is 6.66. The van der Waals surface area contributed by atoms with Crippen LogP contribution in [0.1, 0.15) is 19.8 Å². The molecule has 0 bridgehead atoms. The molecule has 1 aromatic carbocycles. The van der Waals surface area contributed by atoms with Crippen molar-refractivity contribution in [3.63, 3.8) is 0 Å². The fraction of sp³-hybridized carbons (Fsp3) is 0.273. The Morgan fingerprint density at radius 2 is 2.38 bits per heavy atom. The van der Waals surface area contributed by atoms with Gasteiger partial charge >= 0.3 is 0 Å². The molecule has 0 aliphatic rings. The first kappa shape index (κ1) is 11.5. The molecule has 0 aliphatic carbocycles. The van der Waals surface area contributed by atoms with E-state index in [1.54, 1.807) is 0 Å². The monoisotopic (exact) mass is 298 g/mol. The van der Waals surface area contributed by atoms with E-state index in [4.69, 9.17) is 0 Å². The first-order valence-electron chi connectivity index (χ1n) is 5.05. The van der Waals surface area contributed by atoms with Gasteiger partial charge in [-0.15, -0.1) is 0 Å². The summed E-state index contributed by atoms with van der Waals surface area (Å²) in [5, 5.41) is 3.47. The molecule has 2 aromatic rings. The van der Waals surface area contributed by atoms with Gasteiger partial charge in [-0.3, -0.25) is 4.79 Å². The molecule has 0 fully saturated rings. The number of amides is 1. The number of nitrogens with one attached hydrogen (secondary N) is 1.